The summed E-state index contributed by atoms with van der Waals surface area (Å²) < 4.78 is 7.34. The van der Waals surface area contributed by atoms with Gasteiger partial charge in [-0.1, -0.05) is 0 Å². The van der Waals surface area contributed by atoms with Crippen LogP contribution in [0.5, 0.6) is 5.75 Å². The van der Waals surface area contributed by atoms with E-state index in [1.165, 1.54) is 0 Å². The van der Waals surface area contributed by atoms with Crippen LogP contribution in [0.1, 0.15) is 23.2 Å². The second-order valence-corrected chi connectivity index (χ2v) is 5.31. The van der Waals surface area contributed by atoms with Crippen LogP contribution >= 0.6 is 0 Å². The van der Waals surface area contributed by atoms with Gasteiger partial charge in [-0.2, -0.15) is 0 Å². The third-order valence-electron chi connectivity index (χ3n) is 3.60. The average Bonchev–Trinajstić information content (AvgIpc) is 3.04. The Kier molecular flexibility index (Phi) is 5.96. The molecule has 2 heterocycles. The first-order valence-corrected chi connectivity index (χ1v) is 7.58. The molecular weight excluding hydrogens is 294 g/mol. The zero-order valence-corrected chi connectivity index (χ0v) is 13.8. The van der Waals surface area contributed by atoms with Crippen LogP contribution in [0.4, 0.5) is 4.79 Å². The van der Waals surface area contributed by atoms with Crippen molar-refractivity contribution in [3.8, 4) is 5.75 Å². The van der Waals surface area contributed by atoms with E-state index >= 15 is 0 Å². The zero-order valence-electron chi connectivity index (χ0n) is 13.8. The molecule has 0 aliphatic carbocycles. The number of nitrogens with zero attached hydrogens (tertiary/aromatic N) is 3. The highest BCUT2D eigenvalue weighted by Gasteiger charge is 2.10. The number of rotatable bonds is 7. The van der Waals surface area contributed by atoms with Gasteiger partial charge < -0.3 is 19.9 Å². The van der Waals surface area contributed by atoms with Gasteiger partial charge in [-0.05, 0) is 20.3 Å². The van der Waals surface area contributed by atoms with E-state index in [-0.39, 0.29) is 6.03 Å². The van der Waals surface area contributed by atoms with E-state index in [9.17, 15) is 4.79 Å². The number of amides is 2. The van der Waals surface area contributed by atoms with E-state index < -0.39 is 0 Å². The van der Waals surface area contributed by atoms with Crippen molar-refractivity contribution in [3.05, 3.63) is 41.7 Å². The fourth-order valence-corrected chi connectivity index (χ4v) is 2.36. The molecule has 2 aromatic heterocycles. The first-order valence-electron chi connectivity index (χ1n) is 7.58. The van der Waals surface area contributed by atoms with Gasteiger partial charge in [-0.15, -0.1) is 0 Å². The van der Waals surface area contributed by atoms with Crippen LogP contribution < -0.4 is 15.4 Å². The maximum absolute atomic E-state index is 11.8. The monoisotopic (exact) mass is 317 g/mol. The predicted molar refractivity (Wildman–Crippen MR) is 87.3 cm³/mol. The molecule has 0 aliphatic heterocycles. The molecule has 0 spiro atoms. The van der Waals surface area contributed by atoms with Gasteiger partial charge in [0, 0.05) is 42.8 Å². The van der Waals surface area contributed by atoms with Crippen LogP contribution in [0.3, 0.4) is 0 Å². The summed E-state index contributed by atoms with van der Waals surface area (Å²) in [5.41, 5.74) is 2.74. The number of hydrogen-bond acceptors (Lipinski definition) is 4. The topological polar surface area (TPSA) is 81.1 Å². The van der Waals surface area contributed by atoms with Crippen LogP contribution in [-0.4, -0.2) is 34.2 Å². The first-order chi connectivity index (χ1) is 11.1. The number of methoxy groups -OCH3 is 1. The van der Waals surface area contributed by atoms with Crippen molar-refractivity contribution in [2.45, 2.75) is 33.4 Å². The maximum Gasteiger partial charge on any atom is 0.315 e. The first kappa shape index (κ1) is 16.8. The van der Waals surface area contributed by atoms with E-state index in [0.29, 0.717) is 13.1 Å². The minimum atomic E-state index is -0.198. The van der Waals surface area contributed by atoms with Gasteiger partial charge in [0.05, 0.1) is 25.7 Å². The molecule has 0 radical (unpaired) electrons. The highest BCUT2D eigenvalue weighted by molar-refractivity contribution is 5.73. The Morgan fingerprint density at radius 2 is 2.17 bits per heavy atom. The number of ether oxygens (including phenoxy) is 1. The number of urea groups is 1. The minimum absolute atomic E-state index is 0.198. The van der Waals surface area contributed by atoms with Gasteiger partial charge in [0.1, 0.15) is 5.75 Å². The van der Waals surface area contributed by atoms with Gasteiger partial charge >= 0.3 is 6.03 Å². The summed E-state index contributed by atoms with van der Waals surface area (Å²) in [7, 11) is 1.64. The van der Waals surface area contributed by atoms with Crippen molar-refractivity contribution in [3.63, 3.8) is 0 Å². The van der Waals surface area contributed by atoms with Crippen molar-refractivity contribution in [1.82, 2.24) is 25.2 Å². The van der Waals surface area contributed by atoms with Gasteiger partial charge in [0.15, 0.2) is 0 Å². The molecule has 0 unspecified atom stereocenters. The fourth-order valence-electron chi connectivity index (χ4n) is 2.36. The van der Waals surface area contributed by atoms with Crippen LogP contribution in [-0.2, 0) is 13.1 Å². The van der Waals surface area contributed by atoms with Crippen molar-refractivity contribution < 1.29 is 9.53 Å². The lowest BCUT2D eigenvalue weighted by molar-refractivity contribution is 0.240. The molecular formula is C16H23N5O2. The number of carbonyl (C=O) groups is 1. The molecule has 2 rings (SSSR count). The molecule has 0 fully saturated rings. The molecule has 0 saturated carbocycles. The molecule has 2 amide bonds. The quantitative estimate of drug-likeness (QED) is 0.763. The predicted octanol–water partition coefficient (Wildman–Crippen LogP) is 1.79. The van der Waals surface area contributed by atoms with Crippen molar-refractivity contribution >= 4 is 6.03 Å². The molecule has 0 bridgehead atoms. The highest BCUT2D eigenvalue weighted by Crippen LogP contribution is 2.23. The second kappa shape index (κ2) is 8.17. The molecule has 0 atom stereocenters. The maximum atomic E-state index is 11.8. The molecule has 7 nitrogen and oxygen atoms in total. The minimum Gasteiger partial charge on any atom is -0.496 e. The second-order valence-electron chi connectivity index (χ2n) is 5.31. The normalized spacial score (nSPS) is 10.4. The Labute approximate surface area is 136 Å². The van der Waals surface area contributed by atoms with Gasteiger partial charge in [0.2, 0.25) is 0 Å². The lowest BCUT2D eigenvalue weighted by Gasteiger charge is -2.13. The molecule has 2 aromatic rings. The standard InChI is InChI=1S/C16H23N5O2/c1-12-9-19-14(13(2)15(12)23-3)10-20-16(22)18-5-4-7-21-8-6-17-11-21/h6,8-9,11H,4-5,7,10H2,1-3H3,(H2,18,20,22). The van der Waals surface area contributed by atoms with E-state index in [1.54, 1.807) is 25.8 Å². The Morgan fingerprint density at radius 1 is 1.35 bits per heavy atom. The molecule has 2 N–H and O–H groups in total. The lowest BCUT2D eigenvalue weighted by atomic mass is 10.1. The van der Waals surface area contributed by atoms with Crippen molar-refractivity contribution in [2.75, 3.05) is 13.7 Å². The third-order valence-corrected chi connectivity index (χ3v) is 3.60. The largest absolute Gasteiger partial charge is 0.496 e. The summed E-state index contributed by atoms with van der Waals surface area (Å²) in [6, 6.07) is -0.198. The number of pyridine rings is 1. The summed E-state index contributed by atoms with van der Waals surface area (Å²) in [6.45, 7) is 5.70. The van der Waals surface area contributed by atoms with Crippen molar-refractivity contribution in [1.29, 1.82) is 0 Å². The van der Waals surface area contributed by atoms with E-state index in [4.69, 9.17) is 4.74 Å². The molecule has 23 heavy (non-hydrogen) atoms. The lowest BCUT2D eigenvalue weighted by Crippen LogP contribution is -2.36. The third kappa shape index (κ3) is 4.70. The van der Waals surface area contributed by atoms with E-state index in [0.717, 1.165) is 35.5 Å². The Balaban J connectivity index is 1.74. The van der Waals surface area contributed by atoms with Crippen molar-refractivity contribution in [2.24, 2.45) is 0 Å². The Morgan fingerprint density at radius 3 is 2.87 bits per heavy atom. The smallest absolute Gasteiger partial charge is 0.315 e. The number of hydrogen-bond donors (Lipinski definition) is 2. The Hall–Kier alpha value is -2.57. The molecule has 0 aromatic carbocycles. The summed E-state index contributed by atoms with van der Waals surface area (Å²) >= 11 is 0. The summed E-state index contributed by atoms with van der Waals surface area (Å²) in [4.78, 5) is 20.1. The number of imidazole rings is 1. The molecule has 0 aliphatic rings. The number of nitrogens with one attached hydrogen (secondary N) is 2. The SMILES string of the molecule is COc1c(C)cnc(CNC(=O)NCCCn2ccnc2)c1C. The van der Waals surface area contributed by atoms with Crippen LogP contribution in [0, 0.1) is 13.8 Å². The van der Waals surface area contributed by atoms with Gasteiger partial charge in [-0.3, -0.25) is 4.98 Å². The van der Waals surface area contributed by atoms with Crippen LogP contribution in [0.2, 0.25) is 0 Å². The van der Waals surface area contributed by atoms with Gasteiger partial charge in [0.25, 0.3) is 0 Å². The van der Waals surface area contributed by atoms with E-state index in [2.05, 4.69) is 20.6 Å². The van der Waals surface area contributed by atoms with Crippen LogP contribution in [0.25, 0.3) is 0 Å². The number of carbonyl (C=O) groups excluding carboxylic acids is 1. The zero-order chi connectivity index (χ0) is 16.7. The van der Waals surface area contributed by atoms with Gasteiger partial charge in [-0.25, -0.2) is 9.78 Å². The average molecular weight is 317 g/mol. The fraction of sp³-hybridized carbons (Fsp3) is 0.438. The number of aryl methyl sites for hydroxylation is 2. The summed E-state index contributed by atoms with van der Waals surface area (Å²) in [5.74, 6) is 0.817. The summed E-state index contributed by atoms with van der Waals surface area (Å²) in [5, 5.41) is 5.65. The number of aromatic nitrogens is 3. The highest BCUT2D eigenvalue weighted by atomic mass is 16.5. The van der Waals surface area contributed by atoms with Crippen LogP contribution in [0.15, 0.2) is 24.9 Å². The molecule has 0 saturated heterocycles. The Bertz CT molecular complexity index is 640. The van der Waals surface area contributed by atoms with E-state index in [1.807, 2.05) is 24.6 Å². The summed E-state index contributed by atoms with van der Waals surface area (Å²) in [6.07, 6.45) is 8.01. The molecule has 124 valence electrons. The molecule has 7 heteroatoms.